The minimum atomic E-state index is -0.969. The molecule has 1 aromatic heterocycles. The average Bonchev–Trinajstić information content (AvgIpc) is 3.00. The zero-order valence-electron chi connectivity index (χ0n) is 12.7. The van der Waals surface area contributed by atoms with Crippen molar-refractivity contribution in [3.63, 3.8) is 0 Å². The van der Waals surface area contributed by atoms with Crippen LogP contribution in [0.5, 0.6) is 6.08 Å². The maximum absolute atomic E-state index is 11.6. The summed E-state index contributed by atoms with van der Waals surface area (Å²) in [6.45, 7) is 0. The van der Waals surface area contributed by atoms with Crippen molar-refractivity contribution >= 4 is 23.9 Å². The van der Waals surface area contributed by atoms with Crippen molar-refractivity contribution in [1.82, 2.24) is 15.5 Å². The standard InChI is InChI=1S/C13H19N3O6S/c1-23-22-21-13-16-15-12(20-13)8-2-4-9(5-3-8)14-10(17)6-7-11(18)19/h8-9H,2-7H2,1H3,(H,14,17)(H,18,19). The predicted octanol–water partition coefficient (Wildman–Crippen LogP) is 1.67. The van der Waals surface area contributed by atoms with Gasteiger partial charge in [0, 0.05) is 36.7 Å². The van der Waals surface area contributed by atoms with E-state index in [2.05, 4.69) is 19.8 Å². The largest absolute Gasteiger partial charge is 0.481 e. The lowest BCUT2D eigenvalue weighted by molar-refractivity contribution is -0.139. The molecule has 1 aliphatic rings. The second-order valence-corrected chi connectivity index (χ2v) is 5.70. The van der Waals surface area contributed by atoms with Crippen molar-refractivity contribution in [3.05, 3.63) is 5.89 Å². The average molecular weight is 345 g/mol. The predicted molar refractivity (Wildman–Crippen MR) is 79.5 cm³/mol. The van der Waals surface area contributed by atoms with Crippen LogP contribution in [0.1, 0.15) is 50.3 Å². The molecule has 2 rings (SSSR count). The van der Waals surface area contributed by atoms with E-state index in [-0.39, 0.29) is 36.8 Å². The molecule has 9 nitrogen and oxygen atoms in total. The summed E-state index contributed by atoms with van der Waals surface area (Å²) in [7, 11) is 0. The molecule has 0 unspecified atom stereocenters. The Morgan fingerprint density at radius 2 is 2.04 bits per heavy atom. The number of aliphatic carboxylic acids is 1. The number of carbonyl (C=O) groups is 2. The van der Waals surface area contributed by atoms with Crippen LogP contribution in [0.15, 0.2) is 4.42 Å². The van der Waals surface area contributed by atoms with Crippen LogP contribution < -0.4 is 10.2 Å². The number of carboxylic acids is 1. The minimum Gasteiger partial charge on any atom is -0.481 e. The van der Waals surface area contributed by atoms with E-state index >= 15 is 0 Å². The first-order chi connectivity index (χ1) is 11.1. The maximum Gasteiger partial charge on any atom is 0.448 e. The lowest BCUT2D eigenvalue weighted by Crippen LogP contribution is -2.37. The number of nitrogens with zero attached hydrogens (tertiary/aromatic N) is 2. The zero-order chi connectivity index (χ0) is 16.7. The van der Waals surface area contributed by atoms with Gasteiger partial charge < -0.3 is 14.8 Å². The van der Waals surface area contributed by atoms with Gasteiger partial charge >= 0.3 is 12.0 Å². The molecular formula is C13H19N3O6S. The van der Waals surface area contributed by atoms with E-state index < -0.39 is 5.97 Å². The summed E-state index contributed by atoms with van der Waals surface area (Å²) in [4.78, 5) is 26.8. The number of carbonyl (C=O) groups excluding carboxylic acids is 1. The van der Waals surface area contributed by atoms with Crippen molar-refractivity contribution in [2.45, 2.75) is 50.5 Å². The number of aromatic nitrogens is 2. The Labute approximate surface area is 137 Å². The van der Waals surface area contributed by atoms with Crippen LogP contribution >= 0.6 is 12.0 Å². The van der Waals surface area contributed by atoms with E-state index in [4.69, 9.17) is 14.4 Å². The Morgan fingerprint density at radius 3 is 2.70 bits per heavy atom. The third-order valence-electron chi connectivity index (χ3n) is 3.60. The van der Waals surface area contributed by atoms with E-state index in [0.717, 1.165) is 37.7 Å². The van der Waals surface area contributed by atoms with Gasteiger partial charge in [-0.1, -0.05) is 5.10 Å². The molecule has 1 saturated carbocycles. The zero-order valence-corrected chi connectivity index (χ0v) is 13.5. The van der Waals surface area contributed by atoms with Gasteiger partial charge in [-0.2, -0.15) is 0 Å². The van der Waals surface area contributed by atoms with Gasteiger partial charge in [-0.15, -0.1) is 9.43 Å². The second-order valence-electron chi connectivity index (χ2n) is 5.23. The van der Waals surface area contributed by atoms with Gasteiger partial charge in [0.2, 0.25) is 11.8 Å². The SMILES string of the molecule is CSOOc1nnc(C2CCC(NC(=O)CCC(=O)O)CC2)o1. The second kappa shape index (κ2) is 8.73. The van der Waals surface area contributed by atoms with E-state index in [0.29, 0.717) is 5.89 Å². The van der Waals surface area contributed by atoms with E-state index in [1.54, 1.807) is 6.26 Å². The van der Waals surface area contributed by atoms with Crippen LogP contribution in [0.25, 0.3) is 0 Å². The van der Waals surface area contributed by atoms with E-state index in [1.807, 2.05) is 0 Å². The third-order valence-corrected chi connectivity index (χ3v) is 3.81. The van der Waals surface area contributed by atoms with Crippen molar-refractivity contribution in [1.29, 1.82) is 0 Å². The van der Waals surface area contributed by atoms with Crippen LogP contribution in [-0.2, 0) is 13.9 Å². The summed E-state index contributed by atoms with van der Waals surface area (Å²) in [6, 6.07) is 0.0611. The highest BCUT2D eigenvalue weighted by atomic mass is 32.2. The number of nitrogens with one attached hydrogen (secondary N) is 1. The van der Waals surface area contributed by atoms with Crippen molar-refractivity contribution in [2.75, 3.05) is 6.26 Å². The molecule has 1 aliphatic carbocycles. The van der Waals surface area contributed by atoms with Crippen LogP contribution in [0.4, 0.5) is 0 Å². The van der Waals surface area contributed by atoms with Gasteiger partial charge in [-0.05, 0) is 25.7 Å². The normalized spacial score (nSPS) is 20.9. The van der Waals surface area contributed by atoms with E-state index in [9.17, 15) is 9.59 Å². The first-order valence-electron chi connectivity index (χ1n) is 7.30. The molecule has 1 aromatic rings. The molecule has 128 valence electrons. The van der Waals surface area contributed by atoms with Crippen molar-refractivity contribution in [2.24, 2.45) is 0 Å². The lowest BCUT2D eigenvalue weighted by Gasteiger charge is -2.27. The van der Waals surface area contributed by atoms with Crippen LogP contribution in [0.3, 0.4) is 0 Å². The van der Waals surface area contributed by atoms with Gasteiger partial charge in [0.1, 0.15) is 0 Å². The summed E-state index contributed by atoms with van der Waals surface area (Å²) in [5, 5.41) is 19.1. The first kappa shape index (κ1) is 17.5. The Morgan fingerprint density at radius 1 is 1.30 bits per heavy atom. The molecule has 0 radical (unpaired) electrons. The fourth-order valence-electron chi connectivity index (χ4n) is 2.49. The molecule has 0 bridgehead atoms. The maximum atomic E-state index is 11.6. The lowest BCUT2D eigenvalue weighted by atomic mass is 9.86. The molecule has 0 aromatic carbocycles. The molecule has 0 atom stereocenters. The summed E-state index contributed by atoms with van der Waals surface area (Å²) >= 11 is 1.03. The summed E-state index contributed by atoms with van der Waals surface area (Å²) in [5.74, 6) is -0.566. The highest BCUT2D eigenvalue weighted by Gasteiger charge is 2.27. The van der Waals surface area contributed by atoms with Crippen molar-refractivity contribution in [3.8, 4) is 6.08 Å². The number of carboxylic acid groups (broad SMARTS) is 1. The Bertz CT molecular complexity index is 530. The number of rotatable bonds is 8. The summed E-state index contributed by atoms with van der Waals surface area (Å²) < 4.78 is 10.0. The van der Waals surface area contributed by atoms with Gasteiger partial charge in [0.05, 0.1) is 6.42 Å². The molecular weight excluding hydrogens is 326 g/mol. The monoisotopic (exact) mass is 345 g/mol. The summed E-state index contributed by atoms with van der Waals surface area (Å²) in [6.07, 6.45) is 4.69. The van der Waals surface area contributed by atoms with Crippen LogP contribution in [0.2, 0.25) is 0 Å². The van der Waals surface area contributed by atoms with Gasteiger partial charge in [-0.3, -0.25) is 14.5 Å². The molecule has 0 spiro atoms. The van der Waals surface area contributed by atoms with Crippen LogP contribution in [-0.4, -0.2) is 39.5 Å². The Balaban J connectivity index is 1.74. The summed E-state index contributed by atoms with van der Waals surface area (Å²) in [5.41, 5.74) is 0. The number of hydrogen-bond acceptors (Lipinski definition) is 8. The van der Waals surface area contributed by atoms with Crippen molar-refractivity contribution < 1.29 is 28.3 Å². The fourth-order valence-corrected chi connectivity index (χ4v) is 2.61. The van der Waals surface area contributed by atoms with E-state index in [1.165, 1.54) is 0 Å². The number of amides is 1. The first-order valence-corrected chi connectivity index (χ1v) is 8.45. The minimum absolute atomic E-state index is 0.00899. The van der Waals surface area contributed by atoms with Gasteiger partial charge in [0.15, 0.2) is 0 Å². The molecule has 10 heteroatoms. The van der Waals surface area contributed by atoms with Crippen LogP contribution in [0, 0.1) is 0 Å². The third kappa shape index (κ3) is 5.71. The Kier molecular flexibility index (Phi) is 6.66. The van der Waals surface area contributed by atoms with Gasteiger partial charge in [0.25, 0.3) is 0 Å². The molecule has 1 heterocycles. The molecule has 2 N–H and O–H groups in total. The molecule has 0 saturated heterocycles. The number of hydrogen-bond donors (Lipinski definition) is 2. The molecule has 0 aliphatic heterocycles. The molecule has 1 amide bonds. The highest BCUT2D eigenvalue weighted by Crippen LogP contribution is 2.33. The topological polar surface area (TPSA) is 124 Å². The highest BCUT2D eigenvalue weighted by molar-refractivity contribution is 7.93. The van der Waals surface area contributed by atoms with Gasteiger partial charge in [-0.25, -0.2) is 0 Å². The quantitative estimate of drug-likeness (QED) is 0.411. The molecule has 1 fully saturated rings. The molecule has 23 heavy (non-hydrogen) atoms. The Hall–Kier alpha value is -1.81. The smallest absolute Gasteiger partial charge is 0.448 e. The fraction of sp³-hybridized carbons (Fsp3) is 0.692.